The lowest BCUT2D eigenvalue weighted by molar-refractivity contribution is 0.0698. The second kappa shape index (κ2) is 6.71. The highest BCUT2D eigenvalue weighted by Gasteiger charge is 2.35. The molecule has 28 heavy (non-hydrogen) atoms. The molecule has 0 unspecified atom stereocenters. The molecule has 4 heterocycles. The molecular formula is C22H24N4O2. The van der Waals surface area contributed by atoms with Crippen LogP contribution in [0.25, 0.3) is 11.0 Å². The summed E-state index contributed by atoms with van der Waals surface area (Å²) in [6.07, 6.45) is 4.67. The first-order chi connectivity index (χ1) is 13.6. The maximum absolute atomic E-state index is 13.4. The molecule has 0 bridgehead atoms. The third kappa shape index (κ3) is 2.79. The minimum absolute atomic E-state index is 0.0585. The number of nitrogens with one attached hydrogen (secondary N) is 1. The number of benzene rings is 1. The van der Waals surface area contributed by atoms with Crippen LogP contribution in [0.15, 0.2) is 28.8 Å². The van der Waals surface area contributed by atoms with Gasteiger partial charge in [-0.1, -0.05) is 11.6 Å². The third-order valence-electron chi connectivity index (χ3n) is 5.92. The van der Waals surface area contributed by atoms with Crippen LogP contribution in [-0.2, 0) is 13.0 Å². The summed E-state index contributed by atoms with van der Waals surface area (Å²) in [5.74, 6) is 1.14. The van der Waals surface area contributed by atoms with Crippen LogP contribution in [0.4, 0.5) is 0 Å². The molecule has 2 aliphatic heterocycles. The summed E-state index contributed by atoms with van der Waals surface area (Å²) in [6, 6.07) is 5.94. The lowest BCUT2D eigenvalue weighted by atomic mass is 10.1. The molecule has 0 aliphatic carbocycles. The predicted molar refractivity (Wildman–Crippen MR) is 106 cm³/mol. The third-order valence-corrected chi connectivity index (χ3v) is 5.92. The largest absolute Gasteiger partial charge is 0.451 e. The first kappa shape index (κ1) is 17.4. The lowest BCUT2D eigenvalue weighted by Gasteiger charge is -2.24. The number of likely N-dealkylation sites (tertiary alicyclic amines) is 1. The van der Waals surface area contributed by atoms with E-state index in [1.54, 1.807) is 0 Å². The molecule has 1 fully saturated rings. The molecule has 6 heteroatoms. The van der Waals surface area contributed by atoms with Gasteiger partial charge in [-0.25, -0.2) is 9.97 Å². The van der Waals surface area contributed by atoms with Crippen LogP contribution < -0.4 is 5.32 Å². The van der Waals surface area contributed by atoms with Crippen molar-refractivity contribution in [3.8, 4) is 0 Å². The molecule has 2 aliphatic rings. The number of fused-ring (bicyclic) bond motifs is 2. The van der Waals surface area contributed by atoms with E-state index in [1.165, 1.54) is 0 Å². The summed E-state index contributed by atoms with van der Waals surface area (Å²) in [5.41, 5.74) is 5.10. The maximum Gasteiger partial charge on any atom is 0.290 e. The van der Waals surface area contributed by atoms with E-state index in [4.69, 9.17) is 9.40 Å². The van der Waals surface area contributed by atoms with Gasteiger partial charge in [-0.2, -0.15) is 0 Å². The van der Waals surface area contributed by atoms with Gasteiger partial charge in [-0.05, 0) is 38.8 Å². The topological polar surface area (TPSA) is 71.3 Å². The van der Waals surface area contributed by atoms with Gasteiger partial charge in [0.1, 0.15) is 5.58 Å². The SMILES string of the molecule is Cc1ccc2oc(C(=O)N3CCC[C@H]3c3ncc4c(n3)CCNC4)c(C)c2c1. The van der Waals surface area contributed by atoms with Crippen LogP contribution in [-0.4, -0.2) is 33.9 Å². The number of hydrogen-bond acceptors (Lipinski definition) is 5. The summed E-state index contributed by atoms with van der Waals surface area (Å²) >= 11 is 0. The number of aryl methyl sites for hydroxylation is 2. The molecule has 1 aromatic carbocycles. The fourth-order valence-electron chi connectivity index (χ4n) is 4.36. The van der Waals surface area contributed by atoms with Gasteiger partial charge in [0.25, 0.3) is 5.91 Å². The number of hydrogen-bond donors (Lipinski definition) is 1. The summed E-state index contributed by atoms with van der Waals surface area (Å²) in [5, 5.41) is 4.36. The van der Waals surface area contributed by atoms with Gasteiger partial charge in [0.2, 0.25) is 0 Å². The van der Waals surface area contributed by atoms with Gasteiger partial charge in [0, 0.05) is 54.5 Å². The van der Waals surface area contributed by atoms with Crippen LogP contribution in [0, 0.1) is 13.8 Å². The number of furan rings is 1. The van der Waals surface area contributed by atoms with Crippen LogP contribution in [0.5, 0.6) is 0 Å². The predicted octanol–water partition coefficient (Wildman–Crippen LogP) is 3.46. The van der Waals surface area contributed by atoms with E-state index < -0.39 is 0 Å². The van der Waals surface area contributed by atoms with E-state index in [0.29, 0.717) is 12.3 Å². The Labute approximate surface area is 164 Å². The lowest BCUT2D eigenvalue weighted by Crippen LogP contribution is -2.32. The Morgan fingerprint density at radius 3 is 3.11 bits per heavy atom. The highest BCUT2D eigenvalue weighted by atomic mass is 16.3. The normalized spacial score (nSPS) is 19.2. The minimum atomic E-state index is -0.0814. The number of nitrogens with zero attached hydrogens (tertiary/aromatic N) is 3. The van der Waals surface area contributed by atoms with Gasteiger partial charge in [0.15, 0.2) is 11.6 Å². The van der Waals surface area contributed by atoms with Gasteiger partial charge >= 0.3 is 0 Å². The molecule has 0 radical (unpaired) electrons. The zero-order valence-corrected chi connectivity index (χ0v) is 16.3. The van der Waals surface area contributed by atoms with Crippen LogP contribution in [0.2, 0.25) is 0 Å². The first-order valence-electron chi connectivity index (χ1n) is 9.98. The van der Waals surface area contributed by atoms with E-state index in [-0.39, 0.29) is 11.9 Å². The average Bonchev–Trinajstić information content (AvgIpc) is 3.32. The Morgan fingerprint density at radius 1 is 1.32 bits per heavy atom. The second-order valence-corrected chi connectivity index (χ2v) is 7.84. The number of carbonyl (C=O) groups excluding carboxylic acids is 1. The molecule has 0 spiro atoms. The number of aromatic nitrogens is 2. The molecule has 3 aromatic rings. The molecule has 6 nitrogen and oxygen atoms in total. The van der Waals surface area contributed by atoms with Gasteiger partial charge in [0.05, 0.1) is 6.04 Å². The van der Waals surface area contributed by atoms with Crippen LogP contribution in [0.1, 0.15) is 57.6 Å². The fourth-order valence-corrected chi connectivity index (χ4v) is 4.36. The minimum Gasteiger partial charge on any atom is -0.451 e. The van der Waals surface area contributed by atoms with Crippen molar-refractivity contribution in [2.75, 3.05) is 13.1 Å². The van der Waals surface area contributed by atoms with Gasteiger partial charge in [-0.15, -0.1) is 0 Å². The van der Waals surface area contributed by atoms with E-state index >= 15 is 0 Å². The second-order valence-electron chi connectivity index (χ2n) is 7.84. The number of rotatable bonds is 2. The van der Waals surface area contributed by atoms with E-state index in [1.807, 2.05) is 37.1 Å². The van der Waals surface area contributed by atoms with Crippen molar-refractivity contribution in [1.29, 1.82) is 0 Å². The summed E-state index contributed by atoms with van der Waals surface area (Å²) in [6.45, 7) is 6.48. The molecule has 2 aromatic heterocycles. The molecular weight excluding hydrogens is 352 g/mol. The van der Waals surface area contributed by atoms with E-state index in [9.17, 15) is 4.79 Å². The molecule has 1 atom stereocenters. The van der Waals surface area contributed by atoms with Crippen molar-refractivity contribution in [2.45, 2.75) is 45.7 Å². The highest BCUT2D eigenvalue weighted by Crippen LogP contribution is 2.34. The Morgan fingerprint density at radius 2 is 2.21 bits per heavy atom. The van der Waals surface area contributed by atoms with Gasteiger partial charge in [-0.3, -0.25) is 4.79 Å². The fraction of sp³-hybridized carbons (Fsp3) is 0.409. The Kier molecular flexibility index (Phi) is 4.16. The van der Waals surface area contributed by atoms with E-state index in [0.717, 1.165) is 71.5 Å². The van der Waals surface area contributed by atoms with Crippen LogP contribution in [0.3, 0.4) is 0 Å². The quantitative estimate of drug-likeness (QED) is 0.742. The highest BCUT2D eigenvalue weighted by molar-refractivity contribution is 5.99. The van der Waals surface area contributed by atoms with Crippen molar-refractivity contribution in [2.24, 2.45) is 0 Å². The maximum atomic E-state index is 13.4. The number of amides is 1. The Hall–Kier alpha value is -2.73. The van der Waals surface area contributed by atoms with Crippen molar-refractivity contribution in [3.63, 3.8) is 0 Å². The standard InChI is InChI=1S/C22H24N4O2/c1-13-5-6-19-16(10-13)14(2)20(28-19)22(27)26-9-3-4-18(26)21-24-12-15-11-23-8-7-17(15)25-21/h5-6,10,12,18,23H,3-4,7-9,11H2,1-2H3/t18-/m0/s1. The summed E-state index contributed by atoms with van der Waals surface area (Å²) in [7, 11) is 0. The monoisotopic (exact) mass is 376 g/mol. The van der Waals surface area contributed by atoms with Gasteiger partial charge < -0.3 is 14.6 Å². The zero-order valence-electron chi connectivity index (χ0n) is 16.3. The Balaban J connectivity index is 1.48. The van der Waals surface area contributed by atoms with Crippen molar-refractivity contribution in [1.82, 2.24) is 20.2 Å². The Bertz CT molecular complexity index is 1070. The summed E-state index contributed by atoms with van der Waals surface area (Å²) in [4.78, 5) is 24.7. The molecule has 0 saturated carbocycles. The molecule has 1 N–H and O–H groups in total. The zero-order chi connectivity index (χ0) is 19.3. The molecule has 144 valence electrons. The average molecular weight is 376 g/mol. The van der Waals surface area contributed by atoms with Crippen molar-refractivity contribution in [3.05, 3.63) is 58.4 Å². The molecule has 5 rings (SSSR count). The van der Waals surface area contributed by atoms with E-state index in [2.05, 4.69) is 16.4 Å². The number of carbonyl (C=O) groups is 1. The first-order valence-corrected chi connectivity index (χ1v) is 9.98. The summed E-state index contributed by atoms with van der Waals surface area (Å²) < 4.78 is 5.96. The smallest absolute Gasteiger partial charge is 0.290 e. The molecule has 1 saturated heterocycles. The van der Waals surface area contributed by atoms with Crippen LogP contribution >= 0.6 is 0 Å². The molecule has 1 amide bonds. The van der Waals surface area contributed by atoms with Crippen molar-refractivity contribution >= 4 is 16.9 Å². The van der Waals surface area contributed by atoms with Crippen molar-refractivity contribution < 1.29 is 9.21 Å².